The molecule has 2 aliphatic heterocycles. The third-order valence-electron chi connectivity index (χ3n) is 8.09. The Morgan fingerprint density at radius 1 is 0.488 bits per heavy atom. The number of fused-ring (bicyclic) bond motifs is 4. The van der Waals surface area contributed by atoms with Gasteiger partial charge in [0, 0.05) is 33.5 Å². The summed E-state index contributed by atoms with van der Waals surface area (Å²) in [6.45, 7) is 0. The average molecular weight is 590 g/mol. The highest BCUT2D eigenvalue weighted by molar-refractivity contribution is 7.15. The fraction of sp³-hybridized carbons (Fsp3) is 0.0278. The summed E-state index contributed by atoms with van der Waals surface area (Å²) in [4.78, 5) is 22.7. The van der Waals surface area contributed by atoms with Gasteiger partial charge in [0.15, 0.2) is 11.6 Å². The second kappa shape index (κ2) is 9.73. The van der Waals surface area contributed by atoms with Crippen molar-refractivity contribution in [1.82, 2.24) is 15.0 Å². The first kappa shape index (κ1) is 24.5. The monoisotopic (exact) mass is 589 g/mol. The van der Waals surface area contributed by atoms with Gasteiger partial charge in [0.1, 0.15) is 6.17 Å². The zero-order valence-electron chi connectivity index (χ0n) is 22.8. The summed E-state index contributed by atoms with van der Waals surface area (Å²) >= 11 is 3.56. The van der Waals surface area contributed by atoms with Gasteiger partial charge in [-0.2, -0.15) is 9.97 Å². The first-order valence-electron chi connectivity index (χ1n) is 14.1. The smallest absolute Gasteiger partial charge is 0.236 e. The van der Waals surface area contributed by atoms with E-state index in [0.717, 1.165) is 22.5 Å². The number of aromatic nitrogens is 3. The van der Waals surface area contributed by atoms with Gasteiger partial charge in [0.05, 0.1) is 21.1 Å². The van der Waals surface area contributed by atoms with Crippen molar-refractivity contribution >= 4 is 45.7 Å². The molecule has 0 aliphatic carbocycles. The summed E-state index contributed by atoms with van der Waals surface area (Å²) in [7, 11) is 0. The molecule has 3 aromatic heterocycles. The van der Waals surface area contributed by atoms with E-state index in [1.165, 1.54) is 32.1 Å². The minimum absolute atomic E-state index is 0.201. The minimum atomic E-state index is -0.201. The van der Waals surface area contributed by atoms with E-state index < -0.39 is 0 Å². The molecule has 0 N–H and O–H groups in total. The highest BCUT2D eigenvalue weighted by atomic mass is 32.1. The fourth-order valence-electron chi connectivity index (χ4n) is 6.26. The summed E-state index contributed by atoms with van der Waals surface area (Å²) in [5.41, 5.74) is 9.13. The van der Waals surface area contributed by atoms with Crippen LogP contribution in [0.5, 0.6) is 0 Å². The molecule has 0 amide bonds. The van der Waals surface area contributed by atoms with Crippen molar-refractivity contribution in [3.63, 3.8) is 0 Å². The maximum Gasteiger partial charge on any atom is 0.236 e. The van der Waals surface area contributed by atoms with Crippen LogP contribution >= 0.6 is 22.7 Å². The molecule has 0 fully saturated rings. The second-order valence-electron chi connectivity index (χ2n) is 10.5. The van der Waals surface area contributed by atoms with Crippen LogP contribution in [-0.4, -0.2) is 15.0 Å². The zero-order valence-corrected chi connectivity index (χ0v) is 24.5. The van der Waals surface area contributed by atoms with Crippen LogP contribution < -0.4 is 9.80 Å². The van der Waals surface area contributed by atoms with Crippen molar-refractivity contribution < 1.29 is 0 Å². The molecule has 1 atom stereocenters. The molecule has 0 bridgehead atoms. The molecule has 7 heteroatoms. The van der Waals surface area contributed by atoms with Crippen molar-refractivity contribution in [2.24, 2.45) is 0 Å². The number of anilines is 4. The number of thiophene rings is 2. The van der Waals surface area contributed by atoms with E-state index in [2.05, 4.69) is 105 Å². The molecule has 204 valence electrons. The zero-order chi connectivity index (χ0) is 28.3. The lowest BCUT2D eigenvalue weighted by Crippen LogP contribution is -2.41. The molecule has 5 nitrogen and oxygen atoms in total. The van der Waals surface area contributed by atoms with E-state index in [1.54, 1.807) is 22.7 Å². The molecule has 43 heavy (non-hydrogen) atoms. The standard InChI is InChI=1S/C36H23N5S2/c1-4-11-23(12-5-1)33-37-34(24-13-6-2-7-14-24)39-36(38-33)41-29-20-22-43-32(29)27-18-10-17-26-30(27)35(41)40(25-15-8-3-9-16-25)28-19-21-42-31(26)28/h1-22,35H. The SMILES string of the molecule is c1ccc(-c2nc(-c3ccccc3)nc(N3c4ccsc4-c4cccc5c4C3N(c3ccccc3)c3ccsc3-5)n2)cc1. The molecule has 4 aromatic carbocycles. The van der Waals surface area contributed by atoms with Crippen LogP contribution in [0.1, 0.15) is 11.7 Å². The molecule has 1 unspecified atom stereocenters. The van der Waals surface area contributed by atoms with Crippen molar-refractivity contribution in [3.8, 4) is 43.7 Å². The first-order valence-corrected chi connectivity index (χ1v) is 15.9. The Bertz CT molecular complexity index is 2030. The number of para-hydroxylation sites is 1. The van der Waals surface area contributed by atoms with E-state index in [4.69, 9.17) is 15.0 Å². The van der Waals surface area contributed by atoms with Gasteiger partial charge in [-0.15, -0.1) is 22.7 Å². The average Bonchev–Trinajstić information content (AvgIpc) is 3.77. The fourth-order valence-corrected chi connectivity index (χ4v) is 8.11. The van der Waals surface area contributed by atoms with Crippen LogP contribution in [0.3, 0.4) is 0 Å². The van der Waals surface area contributed by atoms with Gasteiger partial charge in [-0.05, 0) is 35.0 Å². The number of hydrogen-bond acceptors (Lipinski definition) is 7. The molecule has 0 saturated heterocycles. The lowest BCUT2D eigenvalue weighted by molar-refractivity contribution is 0.680. The lowest BCUT2D eigenvalue weighted by atomic mass is 9.87. The predicted octanol–water partition coefficient (Wildman–Crippen LogP) is 9.96. The van der Waals surface area contributed by atoms with Gasteiger partial charge in [-0.1, -0.05) is 97.1 Å². The number of nitrogens with zero attached hydrogens (tertiary/aromatic N) is 5. The highest BCUT2D eigenvalue weighted by Gasteiger charge is 2.44. The lowest BCUT2D eigenvalue weighted by Gasteiger charge is -2.47. The maximum absolute atomic E-state index is 5.21. The van der Waals surface area contributed by atoms with Crippen LogP contribution in [0.25, 0.3) is 43.7 Å². The van der Waals surface area contributed by atoms with E-state index in [9.17, 15) is 0 Å². The number of rotatable bonds is 4. The van der Waals surface area contributed by atoms with Crippen LogP contribution in [0.4, 0.5) is 23.0 Å². The predicted molar refractivity (Wildman–Crippen MR) is 177 cm³/mol. The Hall–Kier alpha value is -5.11. The maximum atomic E-state index is 5.21. The van der Waals surface area contributed by atoms with Gasteiger partial charge in [0.2, 0.25) is 5.95 Å². The van der Waals surface area contributed by atoms with E-state index in [1.807, 2.05) is 36.4 Å². The topological polar surface area (TPSA) is 45.2 Å². The van der Waals surface area contributed by atoms with Gasteiger partial charge >= 0.3 is 0 Å². The molecule has 2 aliphatic rings. The van der Waals surface area contributed by atoms with E-state index in [-0.39, 0.29) is 6.17 Å². The molecule has 0 spiro atoms. The third-order valence-corrected chi connectivity index (χ3v) is 9.96. The molecule has 9 rings (SSSR count). The second-order valence-corrected chi connectivity index (χ2v) is 12.3. The molecular weight excluding hydrogens is 567 g/mol. The van der Waals surface area contributed by atoms with Crippen LogP contribution in [0.2, 0.25) is 0 Å². The summed E-state index contributed by atoms with van der Waals surface area (Å²) < 4.78 is 0. The largest absolute Gasteiger partial charge is 0.315 e. The van der Waals surface area contributed by atoms with Gasteiger partial charge in [-0.25, -0.2) is 4.98 Å². The van der Waals surface area contributed by atoms with Crippen molar-refractivity contribution in [2.45, 2.75) is 6.17 Å². The van der Waals surface area contributed by atoms with Gasteiger partial charge in [-0.3, -0.25) is 4.90 Å². The normalized spacial score (nSPS) is 14.7. The van der Waals surface area contributed by atoms with Gasteiger partial charge < -0.3 is 4.90 Å². The van der Waals surface area contributed by atoms with E-state index in [0.29, 0.717) is 17.6 Å². The molecule has 0 saturated carbocycles. The van der Waals surface area contributed by atoms with E-state index >= 15 is 0 Å². The van der Waals surface area contributed by atoms with Crippen LogP contribution in [-0.2, 0) is 0 Å². The Morgan fingerprint density at radius 2 is 1.00 bits per heavy atom. The van der Waals surface area contributed by atoms with Crippen LogP contribution in [0, 0.1) is 0 Å². The van der Waals surface area contributed by atoms with Crippen molar-refractivity contribution in [1.29, 1.82) is 0 Å². The number of benzene rings is 4. The summed E-state index contributed by atoms with van der Waals surface area (Å²) in [6, 6.07) is 42.2. The highest BCUT2D eigenvalue weighted by Crippen LogP contribution is 2.60. The van der Waals surface area contributed by atoms with Gasteiger partial charge in [0.25, 0.3) is 0 Å². The molecule has 0 radical (unpaired) electrons. The van der Waals surface area contributed by atoms with Crippen molar-refractivity contribution in [2.75, 3.05) is 9.80 Å². The Labute approximate surface area is 257 Å². The number of hydrogen-bond donors (Lipinski definition) is 0. The molecule has 5 heterocycles. The summed E-state index contributed by atoms with van der Waals surface area (Å²) in [6.07, 6.45) is -0.201. The summed E-state index contributed by atoms with van der Waals surface area (Å²) in [5.74, 6) is 1.93. The van der Waals surface area contributed by atoms with Crippen molar-refractivity contribution in [3.05, 3.63) is 138 Å². The Kier molecular flexibility index (Phi) is 5.54. The minimum Gasteiger partial charge on any atom is -0.315 e. The summed E-state index contributed by atoms with van der Waals surface area (Å²) in [5, 5.41) is 4.37. The Balaban J connectivity index is 1.35. The molecule has 7 aromatic rings. The Morgan fingerprint density at radius 3 is 1.56 bits per heavy atom. The third kappa shape index (κ3) is 3.79. The first-order chi connectivity index (χ1) is 21.3. The molecular formula is C36H23N5S2. The van der Waals surface area contributed by atoms with Crippen LogP contribution in [0.15, 0.2) is 132 Å². The quantitative estimate of drug-likeness (QED) is 0.204.